The van der Waals surface area contributed by atoms with Gasteiger partial charge in [0.05, 0.1) is 48.9 Å². The highest BCUT2D eigenvalue weighted by Crippen LogP contribution is 2.44. The maximum Gasteiger partial charge on any atom is 0.414 e. The van der Waals surface area contributed by atoms with Gasteiger partial charge in [0.2, 0.25) is 17.7 Å². The van der Waals surface area contributed by atoms with Gasteiger partial charge in [-0.05, 0) is 118 Å². The molecule has 4 heterocycles. The van der Waals surface area contributed by atoms with Crippen LogP contribution in [0.3, 0.4) is 0 Å². The van der Waals surface area contributed by atoms with Gasteiger partial charge in [-0.15, -0.1) is 0 Å². The van der Waals surface area contributed by atoms with Crippen molar-refractivity contribution in [1.29, 1.82) is 0 Å². The zero-order valence-corrected chi connectivity index (χ0v) is 60.6. The molecule has 0 radical (unpaired) electrons. The van der Waals surface area contributed by atoms with Crippen LogP contribution in [0.5, 0.6) is 0 Å². The fraction of sp³-hybridized carbons (Fsp3) is 0.410. The summed E-state index contributed by atoms with van der Waals surface area (Å²) in [4.78, 5) is 135. The number of fused-ring (bicyclic) bond motifs is 3. The van der Waals surface area contributed by atoms with Gasteiger partial charge in [-0.2, -0.15) is 0 Å². The molecule has 6 aromatic rings. The minimum atomic E-state index is -0.855. The van der Waals surface area contributed by atoms with Crippen LogP contribution in [-0.4, -0.2) is 184 Å². The van der Waals surface area contributed by atoms with Crippen molar-refractivity contribution >= 4 is 82.5 Å². The number of rotatable bonds is 23. The van der Waals surface area contributed by atoms with Crippen LogP contribution in [0.4, 0.5) is 55.5 Å². The number of anilines is 4. The lowest BCUT2D eigenvalue weighted by Gasteiger charge is -2.36. The lowest BCUT2D eigenvalue weighted by molar-refractivity contribution is -0.132. The average molecular weight is 1460 g/mol. The Balaban J connectivity index is 0.000000248. The summed E-state index contributed by atoms with van der Waals surface area (Å²) in [7, 11) is 0. The smallest absolute Gasteiger partial charge is 0.414 e. The number of benzene rings is 6. The number of carbonyl (C=O) groups excluding carboxylic acids is 10. The number of ketones is 2. The molecule has 5 aliphatic rings. The second-order valence-corrected chi connectivity index (χ2v) is 28.4. The molecule has 4 aliphatic heterocycles. The molecule has 4 saturated heterocycles. The van der Waals surface area contributed by atoms with Crippen LogP contribution in [-0.2, 0) is 51.2 Å². The Morgan fingerprint density at radius 1 is 0.528 bits per heavy atom. The Morgan fingerprint density at radius 2 is 0.943 bits per heavy atom. The molecule has 1 unspecified atom stereocenters. The van der Waals surface area contributed by atoms with Crippen LogP contribution in [0.1, 0.15) is 123 Å². The first-order chi connectivity index (χ1) is 50.6. The van der Waals surface area contributed by atoms with Crippen molar-refractivity contribution in [2.45, 2.75) is 123 Å². The first kappa shape index (κ1) is 77.5. The van der Waals surface area contributed by atoms with Gasteiger partial charge in [0.15, 0.2) is 11.6 Å². The zero-order valence-electron chi connectivity index (χ0n) is 60.6. The van der Waals surface area contributed by atoms with Crippen LogP contribution in [0.25, 0.3) is 11.1 Å². The lowest BCUT2D eigenvalue weighted by atomic mass is 9.98. The van der Waals surface area contributed by atoms with E-state index in [2.05, 4.69) is 33.4 Å². The van der Waals surface area contributed by atoms with Crippen LogP contribution in [0.2, 0.25) is 0 Å². The molecule has 1 aliphatic carbocycles. The van der Waals surface area contributed by atoms with Gasteiger partial charge in [-0.3, -0.25) is 33.8 Å². The van der Waals surface area contributed by atoms with E-state index in [0.29, 0.717) is 92.8 Å². The number of hydrogen-bond donors (Lipinski definition) is 5. The van der Waals surface area contributed by atoms with Crippen LogP contribution < -0.4 is 46.6 Å². The molecule has 11 rings (SSSR count). The van der Waals surface area contributed by atoms with Gasteiger partial charge in [-0.25, -0.2) is 32.8 Å². The summed E-state index contributed by atoms with van der Waals surface area (Å²) in [6.07, 6.45) is -4.19. The third kappa shape index (κ3) is 20.6. The third-order valence-corrected chi connectivity index (χ3v) is 18.4. The first-order valence-corrected chi connectivity index (χ1v) is 35.4. The number of amides is 8. The Morgan fingerprint density at radius 3 is 1.35 bits per heavy atom. The van der Waals surface area contributed by atoms with Crippen molar-refractivity contribution in [3.05, 3.63) is 178 Å². The number of halogens is 2. The monoisotopic (exact) mass is 1460 g/mol. The molecular weight excluding hydrogens is 1370 g/mol. The van der Waals surface area contributed by atoms with Gasteiger partial charge >= 0.3 is 30.5 Å². The fourth-order valence-corrected chi connectivity index (χ4v) is 12.8. The van der Waals surface area contributed by atoms with Crippen molar-refractivity contribution in [2.75, 3.05) is 105 Å². The number of piperazine rings is 2. The Hall–Kier alpha value is -11.2. The summed E-state index contributed by atoms with van der Waals surface area (Å²) >= 11 is 0. The van der Waals surface area contributed by atoms with E-state index in [9.17, 15) is 47.9 Å². The Kier molecular flexibility index (Phi) is 25.3. The molecular formula is C78H91F2N11O15. The average Bonchev–Trinajstić information content (AvgIpc) is 1.61. The van der Waals surface area contributed by atoms with E-state index in [1.54, 1.807) is 131 Å². The molecule has 0 spiro atoms. The van der Waals surface area contributed by atoms with Gasteiger partial charge in [-0.1, -0.05) is 97.1 Å². The summed E-state index contributed by atoms with van der Waals surface area (Å²) in [5.74, 6) is -2.10. The minimum Gasteiger partial charge on any atom is -0.449 e. The first-order valence-electron chi connectivity index (χ1n) is 35.4. The highest BCUT2D eigenvalue weighted by atomic mass is 19.1. The van der Waals surface area contributed by atoms with Crippen LogP contribution in [0.15, 0.2) is 133 Å². The summed E-state index contributed by atoms with van der Waals surface area (Å²) in [5.41, 5.74) is 12.7. The maximum absolute atomic E-state index is 15.4. The molecule has 0 bridgehead atoms. The van der Waals surface area contributed by atoms with Gasteiger partial charge < -0.3 is 70.3 Å². The summed E-state index contributed by atoms with van der Waals surface area (Å²) in [5, 5.41) is 10.6. The second kappa shape index (κ2) is 34.6. The van der Waals surface area contributed by atoms with Crippen molar-refractivity contribution in [3.63, 3.8) is 0 Å². The molecule has 6 aromatic carbocycles. The predicted molar refractivity (Wildman–Crippen MR) is 392 cm³/mol. The van der Waals surface area contributed by atoms with Crippen molar-refractivity contribution < 1.29 is 80.4 Å². The normalized spacial score (nSPS) is 16.7. The molecule has 0 aromatic heterocycles. The molecule has 6 N–H and O–H groups in total. The number of ether oxygens (including phenoxy) is 5. The molecule has 26 nitrogen and oxygen atoms in total. The zero-order chi connectivity index (χ0) is 76.0. The van der Waals surface area contributed by atoms with E-state index in [1.165, 1.54) is 21.9 Å². The topological polar surface area (TPSA) is 310 Å². The van der Waals surface area contributed by atoms with Gasteiger partial charge in [0, 0.05) is 108 Å². The number of carbonyl (C=O) groups is 10. The summed E-state index contributed by atoms with van der Waals surface area (Å²) in [6, 6.07) is 38.1. The Labute approximate surface area is 614 Å². The highest BCUT2D eigenvalue weighted by molar-refractivity contribution is 5.99. The molecule has 562 valence electrons. The van der Waals surface area contributed by atoms with E-state index in [0.717, 1.165) is 33.4 Å². The van der Waals surface area contributed by atoms with Crippen LogP contribution in [0, 0.1) is 11.6 Å². The van der Waals surface area contributed by atoms with E-state index < -0.39 is 77.5 Å². The van der Waals surface area contributed by atoms with E-state index in [4.69, 9.17) is 29.4 Å². The number of nitrogens with zero attached hydrogens (tertiary/aromatic N) is 6. The molecule has 4 fully saturated rings. The molecule has 106 heavy (non-hydrogen) atoms. The number of hydrogen-bond acceptors (Lipinski definition) is 18. The SMILES string of the molecule is CC(C)(C)OC(=O)NC[C@H]1CN(c2ccc(N3CCN(C(=O)CCC(=O)c4ccc(CN)cc4)CC3)c(F)c2)C(=O)O1.CC(NC(=O)OCC1c2ccccc2-c2ccccc21)C(=O)NCc1ccc(C(=O)CCC(=O)N2CCN(c3ccc(N4C[C@H](CNC(=O)OC(C)(C)C)OC4=O)cc3F)CC2)cc1. The molecule has 28 heteroatoms. The minimum absolute atomic E-state index is 0.0150. The number of cyclic esters (lactones) is 2. The number of alkyl carbamates (subject to hydrolysis) is 3. The summed E-state index contributed by atoms with van der Waals surface area (Å²) < 4.78 is 57.2. The molecule has 8 amide bonds. The lowest BCUT2D eigenvalue weighted by Crippen LogP contribution is -2.49. The Bertz CT molecular complexity index is 4160. The predicted octanol–water partition coefficient (Wildman–Crippen LogP) is 9.98. The number of Topliss-reactive ketones (excluding diaryl/α,β-unsaturated/α-hetero) is 2. The maximum atomic E-state index is 15.4. The molecule has 0 saturated carbocycles. The van der Waals surface area contributed by atoms with Crippen LogP contribution >= 0.6 is 0 Å². The standard InChI is InChI=1S/C48H53FN6O9.C30H38FN5O6/c1-30(52-46(60)62-29-39-37-11-7-5-9-35(37)36-10-6-8-12-38(36)39)44(58)50-26-31-13-15-32(16-14-31)42(56)19-20-43(57)54-23-21-53(22-24-54)41-18-17-33(25-40(41)49)55-28-34(63-47(55)61)27-51-45(59)64-48(2,3)4;1-30(2,3)42-28(39)33-18-23-19-36(29(40)41-23)22-8-9-25(24(31)16-22)34-12-14-35(15-13-34)27(38)11-10-26(37)21-6-4-20(17-32)5-7-21/h5-18,25,30,34,39H,19-24,26-29H2,1-4H3,(H,50,58)(H,51,59)(H,52,60);4-9,16,23H,10-15,17-19,32H2,1-3H3,(H,33,39)/t30?,34-;23-/m00/s1. The van der Waals surface area contributed by atoms with Gasteiger partial charge in [0.1, 0.15) is 47.7 Å². The second-order valence-electron chi connectivity index (χ2n) is 28.4. The fourth-order valence-electron chi connectivity index (χ4n) is 12.8. The van der Waals surface area contributed by atoms with Gasteiger partial charge in [0.25, 0.3) is 0 Å². The third-order valence-electron chi connectivity index (χ3n) is 18.4. The van der Waals surface area contributed by atoms with E-state index in [-0.39, 0.29) is 94.3 Å². The number of nitrogens with one attached hydrogen (secondary N) is 4. The largest absolute Gasteiger partial charge is 0.449 e. The van der Waals surface area contributed by atoms with E-state index >= 15 is 8.78 Å². The van der Waals surface area contributed by atoms with Crippen molar-refractivity contribution in [3.8, 4) is 11.1 Å². The summed E-state index contributed by atoms with van der Waals surface area (Å²) in [6.45, 7) is 16.2. The highest BCUT2D eigenvalue weighted by Gasteiger charge is 2.37. The van der Waals surface area contributed by atoms with Crippen molar-refractivity contribution in [1.82, 2.24) is 31.1 Å². The number of nitrogens with two attached hydrogens (primary N) is 1. The van der Waals surface area contributed by atoms with E-state index in [1.807, 2.05) is 46.2 Å². The quantitative estimate of drug-likeness (QED) is 0.0294. The molecule has 3 atom stereocenters. The van der Waals surface area contributed by atoms with Crippen molar-refractivity contribution in [2.24, 2.45) is 5.73 Å².